The van der Waals surface area contributed by atoms with Gasteiger partial charge in [0, 0.05) is 23.7 Å². The third kappa shape index (κ3) is 1.83. The first-order chi connectivity index (χ1) is 8.75. The molecule has 0 aliphatic carbocycles. The van der Waals surface area contributed by atoms with Gasteiger partial charge < -0.3 is 10.2 Å². The van der Waals surface area contributed by atoms with Crippen LogP contribution in [0.4, 0.5) is 5.69 Å². The highest BCUT2D eigenvalue weighted by Gasteiger charge is 2.41. The van der Waals surface area contributed by atoms with Crippen LogP contribution in [0, 0.1) is 0 Å². The van der Waals surface area contributed by atoms with E-state index in [0.29, 0.717) is 5.41 Å². The maximum atomic E-state index is 3.60. The van der Waals surface area contributed by atoms with Crippen LogP contribution in [0.25, 0.3) is 0 Å². The lowest BCUT2D eigenvalue weighted by molar-refractivity contribution is 0.127. The molecule has 0 saturated carbocycles. The van der Waals surface area contributed by atoms with Gasteiger partial charge in [0.05, 0.1) is 0 Å². The number of hydrogen-bond donors (Lipinski definition) is 1. The molecule has 1 saturated heterocycles. The van der Waals surface area contributed by atoms with Gasteiger partial charge in [0.1, 0.15) is 0 Å². The molecule has 0 radical (unpaired) electrons. The maximum Gasteiger partial charge on any atom is 0.0379 e. The van der Waals surface area contributed by atoms with Crippen molar-refractivity contribution in [1.29, 1.82) is 0 Å². The minimum Gasteiger partial charge on any atom is -0.384 e. The van der Waals surface area contributed by atoms with Crippen molar-refractivity contribution in [2.75, 3.05) is 25.0 Å². The van der Waals surface area contributed by atoms with Gasteiger partial charge in [-0.05, 0) is 50.9 Å². The third-order valence-electron chi connectivity index (χ3n) is 5.08. The fourth-order valence-electron chi connectivity index (χ4n) is 3.56. The van der Waals surface area contributed by atoms with Crippen molar-refractivity contribution < 1.29 is 0 Å². The molecule has 2 heterocycles. The predicted octanol–water partition coefficient (Wildman–Crippen LogP) is 3.24. The van der Waals surface area contributed by atoms with Crippen LogP contribution in [0.5, 0.6) is 0 Å². The number of piperidine rings is 1. The average Bonchev–Trinajstić information content (AvgIpc) is 2.78. The van der Waals surface area contributed by atoms with Crippen molar-refractivity contribution in [3.8, 4) is 0 Å². The fourth-order valence-corrected chi connectivity index (χ4v) is 3.56. The van der Waals surface area contributed by atoms with Crippen LogP contribution in [0.15, 0.2) is 24.3 Å². The molecule has 98 valence electrons. The van der Waals surface area contributed by atoms with Gasteiger partial charge in [-0.3, -0.25) is 0 Å². The zero-order chi connectivity index (χ0) is 12.6. The lowest BCUT2D eigenvalue weighted by Crippen LogP contribution is -2.46. The number of benzene rings is 1. The van der Waals surface area contributed by atoms with E-state index in [1.165, 1.54) is 38.0 Å². The molecule has 1 spiro atoms. The smallest absolute Gasteiger partial charge is 0.0379 e. The van der Waals surface area contributed by atoms with E-state index in [-0.39, 0.29) is 0 Å². The van der Waals surface area contributed by atoms with E-state index in [0.717, 1.165) is 12.6 Å². The summed E-state index contributed by atoms with van der Waals surface area (Å²) in [4.78, 5) is 2.66. The Kier molecular flexibility index (Phi) is 3.06. The van der Waals surface area contributed by atoms with Crippen LogP contribution in [0.1, 0.15) is 38.7 Å². The number of likely N-dealkylation sites (tertiary alicyclic amines) is 1. The van der Waals surface area contributed by atoms with Gasteiger partial charge in [-0.15, -0.1) is 0 Å². The van der Waals surface area contributed by atoms with E-state index in [1.54, 1.807) is 5.56 Å². The van der Waals surface area contributed by atoms with Gasteiger partial charge in [0.25, 0.3) is 0 Å². The van der Waals surface area contributed by atoms with Crippen molar-refractivity contribution in [1.82, 2.24) is 4.90 Å². The largest absolute Gasteiger partial charge is 0.384 e. The number of anilines is 1. The summed E-state index contributed by atoms with van der Waals surface area (Å²) in [6, 6.07) is 9.62. The van der Waals surface area contributed by atoms with Crippen molar-refractivity contribution in [2.45, 2.75) is 44.6 Å². The normalized spacial score (nSPS) is 23.7. The van der Waals surface area contributed by atoms with E-state index in [1.807, 2.05) is 0 Å². The number of nitrogens with zero attached hydrogens (tertiary/aromatic N) is 1. The molecular formula is C16H24N2. The van der Waals surface area contributed by atoms with E-state index in [2.05, 4.69) is 48.3 Å². The highest BCUT2D eigenvalue weighted by molar-refractivity contribution is 5.60. The van der Waals surface area contributed by atoms with E-state index in [4.69, 9.17) is 0 Å². The van der Waals surface area contributed by atoms with Gasteiger partial charge >= 0.3 is 0 Å². The van der Waals surface area contributed by atoms with E-state index in [9.17, 15) is 0 Å². The molecule has 0 aromatic heterocycles. The van der Waals surface area contributed by atoms with E-state index >= 15 is 0 Å². The third-order valence-corrected chi connectivity index (χ3v) is 5.08. The lowest BCUT2D eigenvalue weighted by Gasteiger charge is -2.41. The number of nitrogens with one attached hydrogen (secondary N) is 1. The molecule has 1 aromatic carbocycles. The SMILES string of the molecule is CCC(C)N1CCC2(CC1)CNc1ccccc12. The highest BCUT2D eigenvalue weighted by atomic mass is 15.2. The van der Waals surface area contributed by atoms with Gasteiger partial charge in [-0.1, -0.05) is 25.1 Å². The molecular weight excluding hydrogens is 220 g/mol. The summed E-state index contributed by atoms with van der Waals surface area (Å²) < 4.78 is 0. The summed E-state index contributed by atoms with van der Waals surface area (Å²) in [5.41, 5.74) is 3.35. The summed E-state index contributed by atoms with van der Waals surface area (Å²) >= 11 is 0. The summed E-state index contributed by atoms with van der Waals surface area (Å²) in [7, 11) is 0. The van der Waals surface area contributed by atoms with E-state index < -0.39 is 0 Å². The summed E-state index contributed by atoms with van der Waals surface area (Å²) in [5.74, 6) is 0. The maximum absolute atomic E-state index is 3.60. The Morgan fingerprint density at radius 1 is 1.28 bits per heavy atom. The van der Waals surface area contributed by atoms with Gasteiger partial charge in [-0.25, -0.2) is 0 Å². The predicted molar refractivity (Wildman–Crippen MR) is 77.2 cm³/mol. The second-order valence-electron chi connectivity index (χ2n) is 5.97. The molecule has 2 nitrogen and oxygen atoms in total. The number of fused-ring (bicyclic) bond motifs is 2. The van der Waals surface area contributed by atoms with Crippen LogP contribution in [-0.4, -0.2) is 30.6 Å². The first-order valence-electron chi connectivity index (χ1n) is 7.32. The molecule has 3 rings (SSSR count). The monoisotopic (exact) mass is 244 g/mol. The van der Waals surface area contributed by atoms with Crippen LogP contribution in [0.3, 0.4) is 0 Å². The molecule has 1 atom stereocenters. The minimum absolute atomic E-state index is 0.417. The van der Waals surface area contributed by atoms with Crippen LogP contribution in [0.2, 0.25) is 0 Å². The summed E-state index contributed by atoms with van der Waals surface area (Å²) in [5, 5.41) is 3.60. The van der Waals surface area contributed by atoms with Crippen LogP contribution >= 0.6 is 0 Å². The fraction of sp³-hybridized carbons (Fsp3) is 0.625. The molecule has 1 unspecified atom stereocenters. The first kappa shape index (κ1) is 12.0. The average molecular weight is 244 g/mol. The Morgan fingerprint density at radius 3 is 2.72 bits per heavy atom. The number of para-hydroxylation sites is 1. The molecule has 18 heavy (non-hydrogen) atoms. The molecule has 0 bridgehead atoms. The Labute approximate surface area is 110 Å². The summed E-state index contributed by atoms with van der Waals surface area (Å²) in [6.45, 7) is 8.30. The second kappa shape index (κ2) is 4.58. The Hall–Kier alpha value is -1.02. The first-order valence-corrected chi connectivity index (χ1v) is 7.32. The Morgan fingerprint density at radius 2 is 2.00 bits per heavy atom. The van der Waals surface area contributed by atoms with Crippen molar-refractivity contribution in [3.05, 3.63) is 29.8 Å². The molecule has 0 amide bonds. The van der Waals surface area contributed by atoms with Crippen molar-refractivity contribution in [3.63, 3.8) is 0 Å². The topological polar surface area (TPSA) is 15.3 Å². The molecule has 1 fully saturated rings. The quantitative estimate of drug-likeness (QED) is 0.859. The Balaban J connectivity index is 1.77. The van der Waals surface area contributed by atoms with Gasteiger partial charge in [0.15, 0.2) is 0 Å². The zero-order valence-electron chi connectivity index (χ0n) is 11.6. The van der Waals surface area contributed by atoms with Crippen molar-refractivity contribution in [2.24, 2.45) is 0 Å². The second-order valence-corrected chi connectivity index (χ2v) is 5.97. The molecule has 1 N–H and O–H groups in total. The number of hydrogen-bond acceptors (Lipinski definition) is 2. The standard InChI is InChI=1S/C16H24N2/c1-3-13(2)18-10-8-16(9-11-18)12-17-15-7-5-4-6-14(15)16/h4-7,13,17H,3,8-12H2,1-2H3. The van der Waals surface area contributed by atoms with Crippen LogP contribution < -0.4 is 5.32 Å². The molecule has 2 aliphatic rings. The summed E-state index contributed by atoms with van der Waals surface area (Å²) in [6.07, 6.45) is 3.88. The minimum atomic E-state index is 0.417. The Bertz CT molecular complexity index is 419. The number of rotatable bonds is 2. The van der Waals surface area contributed by atoms with Crippen molar-refractivity contribution >= 4 is 5.69 Å². The highest BCUT2D eigenvalue weighted by Crippen LogP contribution is 2.44. The molecule has 2 aliphatic heterocycles. The lowest BCUT2D eigenvalue weighted by atomic mass is 9.74. The zero-order valence-corrected chi connectivity index (χ0v) is 11.6. The molecule has 1 aromatic rings. The van der Waals surface area contributed by atoms with Gasteiger partial charge in [0.2, 0.25) is 0 Å². The van der Waals surface area contributed by atoms with Crippen LogP contribution in [-0.2, 0) is 5.41 Å². The van der Waals surface area contributed by atoms with Gasteiger partial charge in [-0.2, -0.15) is 0 Å². The molecule has 2 heteroatoms.